The van der Waals surface area contributed by atoms with E-state index in [4.69, 9.17) is 4.74 Å². The molecule has 0 saturated carbocycles. The Morgan fingerprint density at radius 1 is 0.619 bits per heavy atom. The van der Waals surface area contributed by atoms with Crippen LogP contribution in [-0.4, -0.2) is 38.5 Å². The van der Waals surface area contributed by atoms with Gasteiger partial charge in [0, 0.05) is 0 Å². The Bertz CT molecular complexity index is 204. The third-order valence-electron chi connectivity index (χ3n) is 4.20. The minimum atomic E-state index is 0.872. The highest BCUT2D eigenvalue weighted by Crippen LogP contribution is 2.11. The van der Waals surface area contributed by atoms with Crippen molar-refractivity contribution >= 4 is 0 Å². The number of rotatable bonds is 16. The fourth-order valence-electron chi connectivity index (χ4n) is 2.65. The molecular weight excluding hydrogens is 258 g/mol. The van der Waals surface area contributed by atoms with E-state index in [1.54, 1.807) is 0 Å². The highest BCUT2D eigenvalue weighted by molar-refractivity contribution is 4.47. The minimum Gasteiger partial charge on any atom is -0.332 e. The second-order valence-corrected chi connectivity index (χ2v) is 7.23. The van der Waals surface area contributed by atoms with Crippen LogP contribution in [0.1, 0.15) is 90.9 Å². The largest absolute Gasteiger partial charge is 0.332 e. The SMILES string of the molecule is CCCCCCCCCCCC[N+](C)(C)COCCCC. The summed E-state index contributed by atoms with van der Waals surface area (Å²) in [6, 6.07) is 0. The Balaban J connectivity index is 3.28. The van der Waals surface area contributed by atoms with Crippen LogP contribution in [0.3, 0.4) is 0 Å². The first-order valence-corrected chi connectivity index (χ1v) is 9.52. The van der Waals surface area contributed by atoms with E-state index in [-0.39, 0.29) is 0 Å². The van der Waals surface area contributed by atoms with E-state index in [0.717, 1.165) is 17.8 Å². The molecule has 0 N–H and O–H groups in total. The van der Waals surface area contributed by atoms with E-state index >= 15 is 0 Å². The molecule has 128 valence electrons. The molecule has 0 aromatic heterocycles. The summed E-state index contributed by atoms with van der Waals surface area (Å²) < 4.78 is 6.77. The molecule has 0 unspecified atom stereocenters. The van der Waals surface area contributed by atoms with Crippen LogP contribution in [0.25, 0.3) is 0 Å². The first-order valence-electron chi connectivity index (χ1n) is 9.52. The fraction of sp³-hybridized carbons (Fsp3) is 1.00. The number of hydrogen-bond donors (Lipinski definition) is 0. The average Bonchev–Trinajstić information content (AvgIpc) is 2.45. The van der Waals surface area contributed by atoms with Gasteiger partial charge in [-0.2, -0.15) is 0 Å². The lowest BCUT2D eigenvalue weighted by molar-refractivity contribution is -0.909. The molecule has 0 radical (unpaired) electrons. The first kappa shape index (κ1) is 20.9. The zero-order valence-corrected chi connectivity index (χ0v) is 15.5. The zero-order chi connectivity index (χ0) is 15.8. The highest BCUT2D eigenvalue weighted by Gasteiger charge is 2.13. The molecule has 0 spiro atoms. The quantitative estimate of drug-likeness (QED) is 0.200. The van der Waals surface area contributed by atoms with Gasteiger partial charge in [0.25, 0.3) is 0 Å². The summed E-state index contributed by atoms with van der Waals surface area (Å²) in [4.78, 5) is 0. The fourth-order valence-corrected chi connectivity index (χ4v) is 2.65. The lowest BCUT2D eigenvalue weighted by atomic mass is 10.1. The number of unbranched alkanes of at least 4 members (excludes halogenated alkanes) is 10. The van der Waals surface area contributed by atoms with Crippen LogP contribution >= 0.6 is 0 Å². The molecule has 0 heterocycles. The van der Waals surface area contributed by atoms with E-state index in [1.165, 1.54) is 83.6 Å². The molecule has 0 fully saturated rings. The van der Waals surface area contributed by atoms with E-state index in [1.807, 2.05) is 0 Å². The lowest BCUT2D eigenvalue weighted by Gasteiger charge is -2.29. The topological polar surface area (TPSA) is 9.23 Å². The smallest absolute Gasteiger partial charge is 0.182 e. The van der Waals surface area contributed by atoms with Crippen molar-refractivity contribution < 1.29 is 9.22 Å². The maximum Gasteiger partial charge on any atom is 0.182 e. The van der Waals surface area contributed by atoms with E-state index < -0.39 is 0 Å². The molecule has 0 saturated heterocycles. The summed E-state index contributed by atoms with van der Waals surface area (Å²) in [5.74, 6) is 0. The minimum absolute atomic E-state index is 0.872. The highest BCUT2D eigenvalue weighted by atomic mass is 16.5. The number of hydrogen-bond acceptors (Lipinski definition) is 1. The molecule has 0 amide bonds. The molecule has 0 rings (SSSR count). The van der Waals surface area contributed by atoms with Crippen molar-refractivity contribution in [3.63, 3.8) is 0 Å². The predicted molar refractivity (Wildman–Crippen MR) is 94.5 cm³/mol. The normalized spacial score (nSPS) is 12.0. The monoisotopic (exact) mass is 300 g/mol. The molecule has 21 heavy (non-hydrogen) atoms. The van der Waals surface area contributed by atoms with Gasteiger partial charge in [0.15, 0.2) is 6.73 Å². The van der Waals surface area contributed by atoms with Crippen LogP contribution in [-0.2, 0) is 4.74 Å². The van der Waals surface area contributed by atoms with Gasteiger partial charge in [0.05, 0.1) is 27.2 Å². The zero-order valence-electron chi connectivity index (χ0n) is 15.5. The van der Waals surface area contributed by atoms with Gasteiger partial charge in [-0.25, -0.2) is 0 Å². The summed E-state index contributed by atoms with van der Waals surface area (Å²) in [6.45, 7) is 7.55. The van der Waals surface area contributed by atoms with Crippen LogP contribution in [0.5, 0.6) is 0 Å². The molecule has 2 heteroatoms. The van der Waals surface area contributed by atoms with E-state index in [0.29, 0.717) is 0 Å². The van der Waals surface area contributed by atoms with Crippen molar-refractivity contribution in [3.05, 3.63) is 0 Å². The van der Waals surface area contributed by atoms with Crippen molar-refractivity contribution in [2.45, 2.75) is 90.9 Å². The maximum absolute atomic E-state index is 5.75. The van der Waals surface area contributed by atoms with Gasteiger partial charge in [0.2, 0.25) is 0 Å². The Morgan fingerprint density at radius 3 is 1.62 bits per heavy atom. The van der Waals surface area contributed by atoms with Crippen LogP contribution in [0.4, 0.5) is 0 Å². The maximum atomic E-state index is 5.75. The van der Waals surface area contributed by atoms with Gasteiger partial charge in [-0.05, 0) is 19.3 Å². The van der Waals surface area contributed by atoms with Crippen LogP contribution < -0.4 is 0 Å². The van der Waals surface area contributed by atoms with Crippen LogP contribution in [0.15, 0.2) is 0 Å². The second kappa shape index (κ2) is 14.8. The molecule has 0 aliphatic heterocycles. The van der Waals surface area contributed by atoms with Crippen molar-refractivity contribution in [2.75, 3.05) is 34.0 Å². The van der Waals surface area contributed by atoms with Gasteiger partial charge >= 0.3 is 0 Å². The van der Waals surface area contributed by atoms with Crippen molar-refractivity contribution in [2.24, 2.45) is 0 Å². The second-order valence-electron chi connectivity index (χ2n) is 7.23. The van der Waals surface area contributed by atoms with Gasteiger partial charge < -0.3 is 9.22 Å². The molecule has 2 nitrogen and oxygen atoms in total. The Labute approximate surface area is 134 Å². The lowest BCUT2D eigenvalue weighted by Crippen LogP contribution is -2.42. The summed E-state index contributed by atoms with van der Waals surface area (Å²) in [5.41, 5.74) is 0. The van der Waals surface area contributed by atoms with Gasteiger partial charge in [-0.1, -0.05) is 71.6 Å². The molecule has 0 aliphatic rings. The molecular formula is C19H42NO+. The summed E-state index contributed by atoms with van der Waals surface area (Å²) in [7, 11) is 4.58. The third-order valence-corrected chi connectivity index (χ3v) is 4.20. The Kier molecular flexibility index (Phi) is 14.8. The number of nitrogens with zero attached hydrogens (tertiary/aromatic N) is 1. The summed E-state index contributed by atoms with van der Waals surface area (Å²) >= 11 is 0. The van der Waals surface area contributed by atoms with Gasteiger partial charge in [-0.15, -0.1) is 0 Å². The molecule has 0 aromatic rings. The van der Waals surface area contributed by atoms with E-state index in [9.17, 15) is 0 Å². The van der Waals surface area contributed by atoms with Crippen molar-refractivity contribution in [1.82, 2.24) is 0 Å². The Hall–Kier alpha value is -0.0800. The van der Waals surface area contributed by atoms with Crippen molar-refractivity contribution in [3.8, 4) is 0 Å². The molecule has 0 atom stereocenters. The molecule has 0 aromatic carbocycles. The van der Waals surface area contributed by atoms with Crippen LogP contribution in [0.2, 0.25) is 0 Å². The third kappa shape index (κ3) is 16.1. The van der Waals surface area contributed by atoms with Crippen molar-refractivity contribution in [1.29, 1.82) is 0 Å². The Morgan fingerprint density at radius 2 is 1.10 bits per heavy atom. The van der Waals surface area contributed by atoms with Gasteiger partial charge in [0.1, 0.15) is 0 Å². The number of quaternary nitrogens is 1. The molecule has 0 aliphatic carbocycles. The average molecular weight is 301 g/mol. The standard InChI is InChI=1S/C19H42NO/c1-5-7-9-10-11-12-13-14-15-16-17-20(3,4)19-21-18-8-6-2/h5-19H2,1-4H3/q+1. The summed E-state index contributed by atoms with van der Waals surface area (Å²) in [5, 5.41) is 0. The number of ether oxygens (including phenoxy) is 1. The van der Waals surface area contributed by atoms with Gasteiger partial charge in [-0.3, -0.25) is 0 Å². The first-order chi connectivity index (χ1) is 10.1. The van der Waals surface area contributed by atoms with Crippen LogP contribution in [0, 0.1) is 0 Å². The summed E-state index contributed by atoms with van der Waals surface area (Å²) in [6.07, 6.45) is 16.6. The predicted octanol–water partition coefficient (Wildman–Crippen LogP) is 5.76. The molecule has 0 bridgehead atoms. The van der Waals surface area contributed by atoms with E-state index in [2.05, 4.69) is 27.9 Å².